The topological polar surface area (TPSA) is 32.7 Å². The van der Waals surface area contributed by atoms with E-state index in [0.29, 0.717) is 0 Å². The molecule has 0 spiro atoms. The second-order valence-electron chi connectivity index (χ2n) is 2.71. The maximum absolute atomic E-state index is 9.69. The van der Waals surface area contributed by atoms with Crippen LogP contribution >= 0.6 is 7.87 Å². The minimum atomic E-state index is -2.48. The third-order valence-corrected chi connectivity index (χ3v) is 3.97. The first-order valence-electron chi connectivity index (χ1n) is 3.46. The molecule has 3 unspecified atom stereocenters. The molecule has 1 fully saturated rings. The number of nitrogens with zero attached hydrogens (tertiary/aromatic N) is 1. The Kier molecular flexibility index (Phi) is 2.42. The zero-order chi connectivity index (χ0) is 9.35. The Morgan fingerprint density at radius 1 is 1.50 bits per heavy atom. The van der Waals surface area contributed by atoms with E-state index in [0.717, 1.165) is 0 Å². The third-order valence-electron chi connectivity index (χ3n) is 1.92. The van der Waals surface area contributed by atoms with Crippen molar-refractivity contribution in [3.63, 3.8) is 0 Å². The zero-order valence-corrected chi connectivity index (χ0v) is 7.95. The third kappa shape index (κ3) is 1.33. The predicted molar refractivity (Wildman–Crippen MR) is 49.2 cm³/mol. The number of rotatable bonds is 0. The highest BCUT2D eigenvalue weighted by Gasteiger charge is 2.54. The van der Waals surface area contributed by atoms with Crippen LogP contribution in [0.5, 0.6) is 0 Å². The van der Waals surface area contributed by atoms with E-state index in [2.05, 4.69) is 11.8 Å². The molecule has 1 N–H and O–H groups in total. The summed E-state index contributed by atoms with van der Waals surface area (Å²) >= 11 is 0. The van der Waals surface area contributed by atoms with Crippen LogP contribution in [0.3, 0.4) is 0 Å². The number of likely N-dealkylation sites (N-methyl/N-ethyl adjacent to an activating group) is 1. The molecule has 1 saturated heterocycles. The van der Waals surface area contributed by atoms with E-state index in [1.807, 2.05) is 0 Å². The first-order valence-corrected chi connectivity index (χ1v) is 5.52. The van der Waals surface area contributed by atoms with Crippen molar-refractivity contribution in [3.05, 3.63) is 0 Å². The molecule has 3 atom stereocenters. The van der Waals surface area contributed by atoms with Gasteiger partial charge in [-0.2, -0.15) is 4.52 Å². The fourth-order valence-corrected chi connectivity index (χ4v) is 2.50. The quantitative estimate of drug-likeness (QED) is 0.435. The van der Waals surface area contributed by atoms with E-state index in [9.17, 15) is 4.89 Å². The Bertz CT molecular complexity index is 263. The molecule has 0 aromatic carbocycles. The number of terminal acetylenes is 2. The molecule has 4 heteroatoms. The second kappa shape index (κ2) is 3.05. The average molecular weight is 184 g/mol. The Morgan fingerprint density at radius 2 is 2.08 bits per heavy atom. The average Bonchev–Trinajstić information content (AvgIpc) is 2.24. The summed E-state index contributed by atoms with van der Waals surface area (Å²) in [6.07, 6.45) is 9.96. The Hall–Kier alpha value is -0.570. The van der Waals surface area contributed by atoms with Crippen molar-refractivity contribution in [1.82, 2.24) is 4.67 Å². The highest BCUT2D eigenvalue weighted by atomic mass is 31.2. The molecule has 0 aromatic rings. The van der Waals surface area contributed by atoms with Gasteiger partial charge in [0.1, 0.15) is 6.66 Å². The molecule has 1 heterocycles. The van der Waals surface area contributed by atoms with Gasteiger partial charge in [0, 0.05) is 7.05 Å². The lowest BCUT2D eigenvalue weighted by Gasteiger charge is -2.14. The van der Waals surface area contributed by atoms with Gasteiger partial charge in [-0.05, 0) is 0 Å². The van der Waals surface area contributed by atoms with Crippen molar-refractivity contribution in [2.24, 2.45) is 0 Å². The van der Waals surface area contributed by atoms with Crippen LogP contribution in [0.2, 0.25) is 0 Å². The summed E-state index contributed by atoms with van der Waals surface area (Å²) in [5, 5.41) is 0. The maximum atomic E-state index is 9.69. The summed E-state index contributed by atoms with van der Waals surface area (Å²) in [6.45, 7) is 1.62. The molecule has 3 nitrogen and oxygen atoms in total. The van der Waals surface area contributed by atoms with E-state index in [4.69, 9.17) is 17.4 Å². The van der Waals surface area contributed by atoms with Crippen LogP contribution in [0.1, 0.15) is 0 Å². The van der Waals surface area contributed by atoms with Gasteiger partial charge >= 0.3 is 7.87 Å². The summed E-state index contributed by atoms with van der Waals surface area (Å²) < 4.78 is 6.86. The van der Waals surface area contributed by atoms with Gasteiger partial charge in [0.05, 0.1) is 0 Å². The van der Waals surface area contributed by atoms with Crippen LogP contribution in [0, 0.1) is 24.7 Å². The molecule has 0 bridgehead atoms. The molecule has 64 valence electrons. The standard InChI is InChI=1S/C8H11NO2P/c1-5-7-8(6-2)11-12(4,10)9(7)3/h1-2,7-8,10H,3-4H3/q+1. The van der Waals surface area contributed by atoms with Crippen molar-refractivity contribution < 1.29 is 9.42 Å². The summed E-state index contributed by atoms with van der Waals surface area (Å²) in [7, 11) is -0.763. The Balaban J connectivity index is 2.90. The lowest BCUT2D eigenvalue weighted by atomic mass is 10.2. The van der Waals surface area contributed by atoms with Gasteiger partial charge in [-0.15, -0.1) is 17.5 Å². The molecule has 0 aliphatic carbocycles. The molecular formula is C8H11NO2P+. The Labute approximate surface area is 73.3 Å². The van der Waals surface area contributed by atoms with E-state index >= 15 is 0 Å². The molecule has 0 amide bonds. The highest BCUT2D eigenvalue weighted by molar-refractivity contribution is 7.62. The van der Waals surface area contributed by atoms with Crippen molar-refractivity contribution in [2.75, 3.05) is 13.7 Å². The first-order chi connectivity index (χ1) is 5.53. The number of hydrogen-bond donors (Lipinski definition) is 1. The van der Waals surface area contributed by atoms with Crippen molar-refractivity contribution >= 4 is 7.87 Å². The van der Waals surface area contributed by atoms with Gasteiger partial charge in [-0.3, -0.25) is 0 Å². The minimum absolute atomic E-state index is 0.307. The van der Waals surface area contributed by atoms with Crippen molar-refractivity contribution in [3.8, 4) is 24.7 Å². The monoisotopic (exact) mass is 184 g/mol. The van der Waals surface area contributed by atoms with Gasteiger partial charge in [-0.25, -0.2) is 4.89 Å². The van der Waals surface area contributed by atoms with Crippen molar-refractivity contribution in [1.29, 1.82) is 0 Å². The fourth-order valence-electron chi connectivity index (χ4n) is 1.09. The number of hydrogen-bond acceptors (Lipinski definition) is 3. The molecule has 0 saturated carbocycles. The smallest absolute Gasteiger partial charge is 0.202 e. The molecule has 1 aliphatic heterocycles. The lowest BCUT2D eigenvalue weighted by Crippen LogP contribution is -2.29. The molecule has 1 aliphatic rings. The van der Waals surface area contributed by atoms with Gasteiger partial charge < -0.3 is 0 Å². The van der Waals surface area contributed by atoms with Crippen LogP contribution in [0.4, 0.5) is 0 Å². The van der Waals surface area contributed by atoms with E-state index in [1.165, 1.54) is 0 Å². The van der Waals surface area contributed by atoms with E-state index in [1.54, 1.807) is 18.4 Å². The summed E-state index contributed by atoms with van der Waals surface area (Å²) in [6, 6.07) is -0.307. The van der Waals surface area contributed by atoms with Gasteiger partial charge in [0.2, 0.25) is 0 Å². The fraction of sp³-hybridized carbons (Fsp3) is 0.500. The van der Waals surface area contributed by atoms with Crippen LogP contribution in [-0.2, 0) is 4.52 Å². The minimum Gasteiger partial charge on any atom is -0.202 e. The van der Waals surface area contributed by atoms with Crippen molar-refractivity contribution in [2.45, 2.75) is 12.1 Å². The molecule has 12 heavy (non-hydrogen) atoms. The molecule has 0 aromatic heterocycles. The van der Waals surface area contributed by atoms with Crippen LogP contribution in [-0.4, -0.2) is 35.4 Å². The molecule has 1 rings (SSSR count). The largest absolute Gasteiger partial charge is 0.345 e. The summed E-state index contributed by atoms with van der Waals surface area (Å²) in [5.41, 5.74) is 0. The highest BCUT2D eigenvalue weighted by Crippen LogP contribution is 2.61. The summed E-state index contributed by atoms with van der Waals surface area (Å²) in [4.78, 5) is 9.69. The van der Waals surface area contributed by atoms with E-state index in [-0.39, 0.29) is 6.04 Å². The lowest BCUT2D eigenvalue weighted by molar-refractivity contribution is 0.273. The zero-order valence-electron chi connectivity index (χ0n) is 7.06. The van der Waals surface area contributed by atoms with Crippen LogP contribution in [0.25, 0.3) is 0 Å². The maximum Gasteiger partial charge on any atom is 0.345 e. The summed E-state index contributed by atoms with van der Waals surface area (Å²) in [5.74, 6) is 4.91. The normalized spacial score (nSPS) is 42.1. The predicted octanol–water partition coefficient (Wildman–Crippen LogP) is 0.337. The van der Waals surface area contributed by atoms with Crippen LogP contribution < -0.4 is 0 Å². The van der Waals surface area contributed by atoms with Crippen LogP contribution in [0.15, 0.2) is 0 Å². The molecular weight excluding hydrogens is 173 g/mol. The first kappa shape index (κ1) is 9.52. The SMILES string of the molecule is C#CC1O[P+](C)(O)N(C)C1C#C. The second-order valence-corrected chi connectivity index (χ2v) is 5.23. The van der Waals surface area contributed by atoms with E-state index < -0.39 is 14.0 Å². The molecule has 0 radical (unpaired) electrons. The van der Waals surface area contributed by atoms with Gasteiger partial charge in [-0.1, -0.05) is 11.8 Å². The van der Waals surface area contributed by atoms with Gasteiger partial charge in [0.25, 0.3) is 0 Å². The van der Waals surface area contributed by atoms with Gasteiger partial charge in [0.15, 0.2) is 12.1 Å². The Morgan fingerprint density at radius 3 is 2.42 bits per heavy atom.